The minimum absolute atomic E-state index is 0.0183. The summed E-state index contributed by atoms with van der Waals surface area (Å²) in [6.45, 7) is 9.38. The maximum Gasteiger partial charge on any atom is 0.251 e. The molecule has 1 aliphatic rings. The summed E-state index contributed by atoms with van der Waals surface area (Å²) in [5, 5.41) is 3.21. The first-order valence-electron chi connectivity index (χ1n) is 9.55. The number of aromatic nitrogens is 2. The third-order valence-electron chi connectivity index (χ3n) is 5.15. The Hall–Kier alpha value is -2.30. The molecular weight excluding hydrogens is 324 g/mol. The first kappa shape index (κ1) is 18.5. The number of nitrogens with one attached hydrogen (secondary N) is 1. The van der Waals surface area contributed by atoms with Crippen molar-refractivity contribution in [1.82, 2.24) is 14.9 Å². The van der Waals surface area contributed by atoms with Crippen LogP contribution in [-0.4, -0.2) is 34.6 Å². The van der Waals surface area contributed by atoms with Gasteiger partial charge in [0.25, 0.3) is 5.91 Å². The average Bonchev–Trinajstić information content (AvgIpc) is 3.14. The predicted octanol–water partition coefficient (Wildman–Crippen LogP) is 3.72. The monoisotopic (exact) mass is 354 g/mol. The zero-order chi connectivity index (χ0) is 18.6. The fourth-order valence-electron chi connectivity index (χ4n) is 3.36. The molecule has 140 valence electrons. The molecule has 0 spiro atoms. The highest BCUT2D eigenvalue weighted by Crippen LogP contribution is 2.23. The van der Waals surface area contributed by atoms with E-state index in [9.17, 15) is 4.79 Å². The third kappa shape index (κ3) is 4.65. The molecule has 0 unspecified atom stereocenters. The number of hydrogen-bond donors (Lipinski definition) is 1. The van der Waals surface area contributed by atoms with Crippen LogP contribution in [0.3, 0.4) is 0 Å². The van der Waals surface area contributed by atoms with Gasteiger partial charge in [0.1, 0.15) is 0 Å². The number of imidazole rings is 1. The number of rotatable bonds is 5. The molecule has 1 atom stereocenters. The summed E-state index contributed by atoms with van der Waals surface area (Å²) in [4.78, 5) is 19.3. The Balaban J connectivity index is 1.66. The van der Waals surface area contributed by atoms with E-state index >= 15 is 0 Å². The Labute approximate surface area is 156 Å². The lowest BCUT2D eigenvalue weighted by atomic mass is 9.86. The van der Waals surface area contributed by atoms with Crippen molar-refractivity contribution in [2.45, 2.75) is 52.6 Å². The van der Waals surface area contributed by atoms with Gasteiger partial charge < -0.3 is 14.8 Å². The summed E-state index contributed by atoms with van der Waals surface area (Å²) in [6.07, 6.45) is 9.31. The van der Waals surface area contributed by atoms with E-state index in [2.05, 4.69) is 48.1 Å². The second-order valence-corrected chi connectivity index (χ2v) is 8.25. The molecule has 0 bridgehead atoms. The lowest BCUT2D eigenvalue weighted by Crippen LogP contribution is -2.46. The Morgan fingerprint density at radius 3 is 2.42 bits per heavy atom. The maximum absolute atomic E-state index is 12.8. The van der Waals surface area contributed by atoms with Gasteiger partial charge in [0, 0.05) is 43.3 Å². The molecule has 2 heterocycles. The smallest absolute Gasteiger partial charge is 0.251 e. The van der Waals surface area contributed by atoms with Gasteiger partial charge in [-0.25, -0.2) is 4.98 Å². The molecule has 5 nitrogen and oxygen atoms in total. The van der Waals surface area contributed by atoms with Crippen molar-refractivity contribution >= 4 is 11.6 Å². The van der Waals surface area contributed by atoms with E-state index < -0.39 is 0 Å². The van der Waals surface area contributed by atoms with E-state index in [4.69, 9.17) is 0 Å². The largest absolute Gasteiger partial charge is 0.372 e. The van der Waals surface area contributed by atoms with Crippen LogP contribution in [0.1, 0.15) is 50.4 Å². The highest BCUT2D eigenvalue weighted by molar-refractivity contribution is 5.94. The van der Waals surface area contributed by atoms with Gasteiger partial charge in [0.2, 0.25) is 0 Å². The van der Waals surface area contributed by atoms with Crippen molar-refractivity contribution in [3.63, 3.8) is 0 Å². The second kappa shape index (κ2) is 7.94. The lowest BCUT2D eigenvalue weighted by molar-refractivity contribution is 0.0892. The molecule has 1 amide bonds. The van der Waals surface area contributed by atoms with Crippen molar-refractivity contribution in [2.24, 2.45) is 5.41 Å². The SMILES string of the molecule is CC(C)(C)[C@@H](Cn1ccnc1)NC(=O)c1ccc(N2CCCCC2)cc1. The van der Waals surface area contributed by atoms with E-state index in [1.165, 1.54) is 24.9 Å². The van der Waals surface area contributed by atoms with E-state index in [0.717, 1.165) is 13.1 Å². The van der Waals surface area contributed by atoms with Gasteiger partial charge in [-0.15, -0.1) is 0 Å². The van der Waals surface area contributed by atoms with Crippen LogP contribution in [0.2, 0.25) is 0 Å². The molecule has 1 aliphatic heterocycles. The molecule has 1 aromatic carbocycles. The Morgan fingerprint density at radius 1 is 1.15 bits per heavy atom. The molecule has 0 aliphatic carbocycles. The molecule has 1 N–H and O–H groups in total. The summed E-state index contributed by atoms with van der Waals surface area (Å²) in [7, 11) is 0. The normalized spacial score (nSPS) is 16.3. The number of nitrogens with zero attached hydrogens (tertiary/aromatic N) is 3. The topological polar surface area (TPSA) is 50.2 Å². The highest BCUT2D eigenvalue weighted by atomic mass is 16.1. The van der Waals surface area contributed by atoms with Crippen LogP contribution in [0.25, 0.3) is 0 Å². The minimum atomic E-state index is -0.0479. The molecular formula is C21H30N4O. The summed E-state index contributed by atoms with van der Waals surface area (Å²) < 4.78 is 2.01. The summed E-state index contributed by atoms with van der Waals surface area (Å²) >= 11 is 0. The lowest BCUT2D eigenvalue weighted by Gasteiger charge is -2.32. The number of carbonyl (C=O) groups excluding carboxylic acids is 1. The molecule has 2 aromatic rings. The van der Waals surface area contributed by atoms with Gasteiger partial charge in [0.05, 0.1) is 12.4 Å². The Bertz CT molecular complexity index is 695. The number of amides is 1. The fourth-order valence-corrected chi connectivity index (χ4v) is 3.36. The summed E-state index contributed by atoms with van der Waals surface area (Å²) in [5.74, 6) is -0.0183. The maximum atomic E-state index is 12.8. The van der Waals surface area contributed by atoms with Crippen molar-refractivity contribution in [1.29, 1.82) is 0 Å². The molecule has 5 heteroatoms. The fraction of sp³-hybridized carbons (Fsp3) is 0.524. The predicted molar refractivity (Wildman–Crippen MR) is 105 cm³/mol. The minimum Gasteiger partial charge on any atom is -0.372 e. The molecule has 26 heavy (non-hydrogen) atoms. The van der Waals surface area contributed by atoms with Crippen molar-refractivity contribution in [3.8, 4) is 0 Å². The first-order valence-corrected chi connectivity index (χ1v) is 9.55. The van der Waals surface area contributed by atoms with E-state index in [0.29, 0.717) is 12.1 Å². The van der Waals surface area contributed by atoms with E-state index in [1.54, 1.807) is 12.5 Å². The second-order valence-electron chi connectivity index (χ2n) is 8.25. The molecule has 1 fully saturated rings. The number of carbonyl (C=O) groups is 1. The number of anilines is 1. The van der Waals surface area contributed by atoms with Gasteiger partial charge in [-0.1, -0.05) is 20.8 Å². The van der Waals surface area contributed by atoms with Gasteiger partial charge in [-0.3, -0.25) is 4.79 Å². The van der Waals surface area contributed by atoms with Crippen molar-refractivity contribution < 1.29 is 4.79 Å². The molecule has 0 radical (unpaired) electrons. The molecule has 3 rings (SSSR count). The molecule has 1 aromatic heterocycles. The zero-order valence-electron chi connectivity index (χ0n) is 16.1. The quantitative estimate of drug-likeness (QED) is 0.890. The first-order chi connectivity index (χ1) is 12.4. The van der Waals surface area contributed by atoms with Crippen LogP contribution in [-0.2, 0) is 6.54 Å². The summed E-state index contributed by atoms with van der Waals surface area (Å²) in [6, 6.07) is 8.04. The van der Waals surface area contributed by atoms with Crippen LogP contribution in [0.4, 0.5) is 5.69 Å². The Kier molecular flexibility index (Phi) is 5.64. The van der Waals surface area contributed by atoms with E-state index in [1.807, 2.05) is 22.9 Å². The Morgan fingerprint density at radius 2 is 1.85 bits per heavy atom. The number of benzene rings is 1. The number of piperidine rings is 1. The van der Waals surface area contributed by atoms with Crippen molar-refractivity contribution in [2.75, 3.05) is 18.0 Å². The third-order valence-corrected chi connectivity index (χ3v) is 5.15. The van der Waals surface area contributed by atoms with Gasteiger partial charge in [-0.2, -0.15) is 0 Å². The molecule has 1 saturated heterocycles. The van der Waals surface area contributed by atoms with Crippen LogP contribution in [0.15, 0.2) is 43.0 Å². The zero-order valence-corrected chi connectivity index (χ0v) is 16.1. The highest BCUT2D eigenvalue weighted by Gasteiger charge is 2.27. The summed E-state index contributed by atoms with van der Waals surface area (Å²) in [5.41, 5.74) is 1.88. The van der Waals surface area contributed by atoms with Crippen LogP contribution >= 0.6 is 0 Å². The average molecular weight is 354 g/mol. The molecule has 0 saturated carbocycles. The number of hydrogen-bond acceptors (Lipinski definition) is 3. The van der Waals surface area contributed by atoms with Gasteiger partial charge in [-0.05, 0) is 48.9 Å². The van der Waals surface area contributed by atoms with Gasteiger partial charge >= 0.3 is 0 Å². The van der Waals surface area contributed by atoms with Crippen LogP contribution < -0.4 is 10.2 Å². The van der Waals surface area contributed by atoms with Crippen LogP contribution in [0.5, 0.6) is 0 Å². The van der Waals surface area contributed by atoms with Crippen molar-refractivity contribution in [3.05, 3.63) is 48.5 Å². The standard InChI is InChI=1S/C21H30N4O/c1-21(2,3)19(15-24-14-11-22-16-24)23-20(26)17-7-9-18(10-8-17)25-12-5-4-6-13-25/h7-11,14,16,19H,4-6,12-13,15H2,1-3H3,(H,23,26)/t19-/m1/s1. The van der Waals surface area contributed by atoms with Gasteiger partial charge in [0.15, 0.2) is 0 Å². The van der Waals surface area contributed by atoms with Crippen LogP contribution in [0, 0.1) is 5.41 Å². The van der Waals surface area contributed by atoms with E-state index in [-0.39, 0.29) is 17.4 Å².